The molecule has 8 heteroatoms. The van der Waals surface area contributed by atoms with E-state index in [2.05, 4.69) is 9.62 Å². The lowest BCUT2D eigenvalue weighted by molar-refractivity contribution is -0.279. The van der Waals surface area contributed by atoms with E-state index in [-0.39, 0.29) is 0 Å². The third-order valence-electron chi connectivity index (χ3n) is 1.43. The number of halogens is 5. The topological polar surface area (TPSA) is 38.7 Å². The SMILES string of the molecule is OOCOc1c(F)c(F)c(F)c(F)c1F. The van der Waals surface area contributed by atoms with Gasteiger partial charge in [-0.25, -0.2) is 18.4 Å². The van der Waals surface area contributed by atoms with E-state index in [0.29, 0.717) is 0 Å². The van der Waals surface area contributed by atoms with Crippen LogP contribution in [0.25, 0.3) is 0 Å². The highest BCUT2D eigenvalue weighted by Gasteiger charge is 2.26. The molecule has 0 aliphatic heterocycles. The molecule has 0 amide bonds. The average molecular weight is 230 g/mol. The van der Waals surface area contributed by atoms with Crippen molar-refractivity contribution in [3.05, 3.63) is 29.1 Å². The van der Waals surface area contributed by atoms with Gasteiger partial charge in [-0.1, -0.05) is 0 Å². The van der Waals surface area contributed by atoms with E-state index in [9.17, 15) is 22.0 Å². The summed E-state index contributed by atoms with van der Waals surface area (Å²) in [5.41, 5.74) is 0. The highest BCUT2D eigenvalue weighted by molar-refractivity contribution is 5.29. The van der Waals surface area contributed by atoms with Gasteiger partial charge in [-0.05, 0) is 0 Å². The molecule has 1 rings (SSSR count). The molecule has 1 N–H and O–H groups in total. The summed E-state index contributed by atoms with van der Waals surface area (Å²) in [6.07, 6.45) is 0. The molecule has 0 aliphatic rings. The minimum Gasteiger partial charge on any atom is -0.458 e. The van der Waals surface area contributed by atoms with Crippen LogP contribution in [0, 0.1) is 29.1 Å². The Labute approximate surface area is 79.6 Å². The first kappa shape index (κ1) is 11.7. The third kappa shape index (κ3) is 2.00. The summed E-state index contributed by atoms with van der Waals surface area (Å²) in [7, 11) is 0. The van der Waals surface area contributed by atoms with Gasteiger partial charge in [0, 0.05) is 0 Å². The van der Waals surface area contributed by atoms with E-state index in [0.717, 1.165) is 0 Å². The van der Waals surface area contributed by atoms with Gasteiger partial charge in [0.15, 0.2) is 5.75 Å². The summed E-state index contributed by atoms with van der Waals surface area (Å²) < 4.78 is 66.9. The van der Waals surface area contributed by atoms with Crippen molar-refractivity contribution in [1.82, 2.24) is 0 Å². The number of hydrogen-bond acceptors (Lipinski definition) is 3. The van der Waals surface area contributed by atoms with Crippen molar-refractivity contribution in [1.29, 1.82) is 0 Å². The Hall–Kier alpha value is -1.41. The van der Waals surface area contributed by atoms with Crippen LogP contribution in [-0.2, 0) is 4.89 Å². The number of benzene rings is 1. The van der Waals surface area contributed by atoms with Crippen molar-refractivity contribution in [3.63, 3.8) is 0 Å². The molecule has 3 nitrogen and oxygen atoms in total. The van der Waals surface area contributed by atoms with Gasteiger partial charge in [-0.15, -0.1) is 0 Å². The van der Waals surface area contributed by atoms with Gasteiger partial charge >= 0.3 is 0 Å². The third-order valence-corrected chi connectivity index (χ3v) is 1.43. The van der Waals surface area contributed by atoms with Crippen LogP contribution in [0.3, 0.4) is 0 Å². The van der Waals surface area contributed by atoms with Crippen LogP contribution in [0.4, 0.5) is 22.0 Å². The molecule has 0 atom stereocenters. The summed E-state index contributed by atoms with van der Waals surface area (Å²) in [4.78, 5) is 3.27. The van der Waals surface area contributed by atoms with Crippen LogP contribution >= 0.6 is 0 Å². The molecule has 0 fully saturated rings. The molecule has 15 heavy (non-hydrogen) atoms. The van der Waals surface area contributed by atoms with Crippen molar-refractivity contribution in [3.8, 4) is 5.75 Å². The number of hydrogen-bond donors (Lipinski definition) is 1. The van der Waals surface area contributed by atoms with E-state index in [1.807, 2.05) is 0 Å². The smallest absolute Gasteiger partial charge is 0.221 e. The molecular weight excluding hydrogens is 227 g/mol. The lowest BCUT2D eigenvalue weighted by Gasteiger charge is -2.08. The van der Waals surface area contributed by atoms with Crippen LogP contribution in [0.1, 0.15) is 0 Å². The zero-order valence-corrected chi connectivity index (χ0v) is 6.86. The fraction of sp³-hybridized carbons (Fsp3) is 0.143. The first-order valence-electron chi connectivity index (χ1n) is 3.41. The van der Waals surface area contributed by atoms with Crippen LogP contribution in [0.5, 0.6) is 5.75 Å². The van der Waals surface area contributed by atoms with Crippen molar-refractivity contribution in [2.24, 2.45) is 0 Å². The molecule has 1 aromatic rings. The van der Waals surface area contributed by atoms with Gasteiger partial charge in [0.25, 0.3) is 0 Å². The van der Waals surface area contributed by atoms with Crippen LogP contribution in [-0.4, -0.2) is 12.1 Å². The van der Waals surface area contributed by atoms with Crippen molar-refractivity contribution < 1.29 is 36.8 Å². The lowest BCUT2D eigenvalue weighted by Crippen LogP contribution is -2.08. The van der Waals surface area contributed by atoms with Gasteiger partial charge < -0.3 is 4.74 Å². The maximum absolute atomic E-state index is 12.7. The Kier molecular flexibility index (Phi) is 3.43. The summed E-state index contributed by atoms with van der Waals surface area (Å²) >= 11 is 0. The second-order valence-electron chi connectivity index (χ2n) is 2.29. The van der Waals surface area contributed by atoms with E-state index in [1.165, 1.54) is 0 Å². The first-order valence-corrected chi connectivity index (χ1v) is 3.41. The summed E-state index contributed by atoms with van der Waals surface area (Å²) in [5.74, 6) is -12.3. The highest BCUT2D eigenvalue weighted by Crippen LogP contribution is 2.28. The van der Waals surface area contributed by atoms with Crippen molar-refractivity contribution in [2.45, 2.75) is 0 Å². The zero-order chi connectivity index (χ0) is 11.6. The molecule has 0 heterocycles. The van der Waals surface area contributed by atoms with Crippen LogP contribution < -0.4 is 4.74 Å². The monoisotopic (exact) mass is 230 g/mol. The fourth-order valence-electron chi connectivity index (χ4n) is 0.797. The Morgan fingerprint density at radius 2 is 1.20 bits per heavy atom. The summed E-state index contributed by atoms with van der Waals surface area (Å²) in [6, 6.07) is 0. The quantitative estimate of drug-likeness (QED) is 0.216. The molecule has 0 aliphatic carbocycles. The Balaban J connectivity index is 3.26. The standard InChI is InChI=1S/C7H3F5O3/c8-2-3(9)5(11)7(14-1-15-13)6(12)4(2)10/h13H,1H2. The van der Waals surface area contributed by atoms with E-state index in [1.54, 1.807) is 0 Å². The first-order chi connectivity index (χ1) is 7.00. The molecule has 84 valence electrons. The van der Waals surface area contributed by atoms with Gasteiger partial charge in [0.05, 0.1) is 0 Å². The maximum Gasteiger partial charge on any atom is 0.221 e. The highest BCUT2D eigenvalue weighted by atomic mass is 19.2. The fourth-order valence-corrected chi connectivity index (χ4v) is 0.797. The molecular formula is C7H3F5O3. The molecule has 0 unspecified atom stereocenters. The number of ether oxygens (including phenoxy) is 1. The van der Waals surface area contributed by atoms with E-state index >= 15 is 0 Å². The largest absolute Gasteiger partial charge is 0.458 e. The van der Waals surface area contributed by atoms with Gasteiger partial charge in [-0.3, -0.25) is 0 Å². The van der Waals surface area contributed by atoms with Crippen molar-refractivity contribution >= 4 is 0 Å². The normalized spacial score (nSPS) is 10.5. The lowest BCUT2D eigenvalue weighted by atomic mass is 10.3. The number of rotatable bonds is 3. The van der Waals surface area contributed by atoms with Gasteiger partial charge in [-0.2, -0.15) is 13.7 Å². The van der Waals surface area contributed by atoms with Crippen molar-refractivity contribution in [2.75, 3.05) is 6.79 Å². The molecule has 0 bridgehead atoms. The predicted molar refractivity (Wildman–Crippen MR) is 35.4 cm³/mol. The molecule has 0 saturated carbocycles. The Morgan fingerprint density at radius 3 is 1.60 bits per heavy atom. The zero-order valence-electron chi connectivity index (χ0n) is 6.86. The molecule has 0 aromatic heterocycles. The van der Waals surface area contributed by atoms with Crippen LogP contribution in [0.2, 0.25) is 0 Å². The summed E-state index contributed by atoms with van der Waals surface area (Å²) in [5, 5.41) is 7.77. The molecule has 1 aromatic carbocycles. The Bertz CT molecular complexity index is 352. The molecule has 0 spiro atoms. The Morgan fingerprint density at radius 1 is 0.800 bits per heavy atom. The van der Waals surface area contributed by atoms with E-state index < -0.39 is 41.6 Å². The predicted octanol–water partition coefficient (Wildman–Crippen LogP) is 2.21. The second kappa shape index (κ2) is 4.41. The molecule has 0 saturated heterocycles. The van der Waals surface area contributed by atoms with Gasteiger partial charge in [0.2, 0.25) is 35.9 Å². The van der Waals surface area contributed by atoms with E-state index in [4.69, 9.17) is 5.26 Å². The second-order valence-corrected chi connectivity index (χ2v) is 2.29. The maximum atomic E-state index is 12.7. The minimum absolute atomic E-state index is 1.07. The minimum atomic E-state index is -2.29. The average Bonchev–Trinajstić information content (AvgIpc) is 2.24. The molecule has 0 radical (unpaired) electrons. The van der Waals surface area contributed by atoms with Crippen LogP contribution in [0.15, 0.2) is 0 Å². The van der Waals surface area contributed by atoms with Gasteiger partial charge in [0.1, 0.15) is 0 Å². The summed E-state index contributed by atoms with van der Waals surface area (Å²) in [6.45, 7) is -1.07.